The van der Waals surface area contributed by atoms with E-state index in [2.05, 4.69) is 10.3 Å². The molecule has 0 aliphatic rings. The van der Waals surface area contributed by atoms with E-state index in [4.69, 9.17) is 10.8 Å². The minimum Gasteiger partial charge on any atom is -0.481 e. The van der Waals surface area contributed by atoms with Crippen LogP contribution < -0.4 is 11.1 Å². The minimum absolute atomic E-state index is 0.0402. The summed E-state index contributed by atoms with van der Waals surface area (Å²) in [5.74, 6) is -2.32. The van der Waals surface area contributed by atoms with Gasteiger partial charge in [0.15, 0.2) is 0 Å². The topological polar surface area (TPSA) is 122 Å². The number of aromatic nitrogens is 1. The molecule has 0 aromatic carbocycles. The maximum absolute atomic E-state index is 11.7. The van der Waals surface area contributed by atoms with Gasteiger partial charge in [-0.3, -0.25) is 19.4 Å². The lowest BCUT2D eigenvalue weighted by Gasteiger charge is -2.14. The van der Waals surface area contributed by atoms with E-state index in [1.165, 1.54) is 24.5 Å². The van der Waals surface area contributed by atoms with Crippen molar-refractivity contribution >= 4 is 17.8 Å². The fraction of sp³-hybridized carbons (Fsp3) is 0.273. The van der Waals surface area contributed by atoms with E-state index in [-0.39, 0.29) is 12.8 Å². The number of carbonyl (C=O) groups excluding carboxylic acids is 2. The number of carboxylic acid groups (broad SMARTS) is 1. The number of nitrogens with one attached hydrogen (secondary N) is 1. The second kappa shape index (κ2) is 6.33. The van der Waals surface area contributed by atoms with Crippen LogP contribution >= 0.6 is 0 Å². The number of hydrogen-bond donors (Lipinski definition) is 3. The van der Waals surface area contributed by atoms with Crippen molar-refractivity contribution in [2.75, 3.05) is 0 Å². The summed E-state index contributed by atoms with van der Waals surface area (Å²) in [5, 5.41) is 10.9. The standard InChI is InChI=1S/C11H13N3O4/c12-10(17)8(1-2-9(15)16)14-11(18)7-3-5-13-6-4-7/h3-6,8H,1-2H2,(H2,12,17)(H,14,18)(H,15,16)/t8-/m1/s1. The number of rotatable bonds is 6. The highest BCUT2D eigenvalue weighted by molar-refractivity contribution is 5.97. The molecule has 1 aromatic heterocycles. The molecule has 1 atom stereocenters. The van der Waals surface area contributed by atoms with Crippen LogP contribution in [-0.2, 0) is 9.59 Å². The maximum Gasteiger partial charge on any atom is 0.303 e. The van der Waals surface area contributed by atoms with Crippen molar-refractivity contribution in [2.45, 2.75) is 18.9 Å². The summed E-state index contributed by atoms with van der Waals surface area (Å²) in [5.41, 5.74) is 5.42. The highest BCUT2D eigenvalue weighted by Crippen LogP contribution is 2.01. The smallest absolute Gasteiger partial charge is 0.303 e. The monoisotopic (exact) mass is 251 g/mol. The summed E-state index contributed by atoms with van der Waals surface area (Å²) in [6, 6.07) is 1.96. The molecule has 0 aliphatic heterocycles. The van der Waals surface area contributed by atoms with E-state index in [1.807, 2.05) is 0 Å². The Balaban J connectivity index is 2.64. The molecule has 0 unspecified atom stereocenters. The first-order valence-electron chi connectivity index (χ1n) is 5.22. The van der Waals surface area contributed by atoms with Gasteiger partial charge in [0.1, 0.15) is 6.04 Å². The van der Waals surface area contributed by atoms with E-state index in [0.717, 1.165) is 0 Å². The SMILES string of the molecule is NC(=O)[C@@H](CCC(=O)O)NC(=O)c1ccncc1. The predicted octanol–water partition coefficient (Wildman–Crippen LogP) is -0.470. The number of nitrogens with zero attached hydrogens (tertiary/aromatic N) is 1. The summed E-state index contributed by atoms with van der Waals surface area (Å²) >= 11 is 0. The Kier molecular flexibility index (Phi) is 4.79. The van der Waals surface area contributed by atoms with Crippen molar-refractivity contribution in [3.63, 3.8) is 0 Å². The number of aliphatic carboxylic acids is 1. The number of carboxylic acids is 1. The van der Waals surface area contributed by atoms with Gasteiger partial charge in [-0.05, 0) is 18.6 Å². The summed E-state index contributed by atoms with van der Waals surface area (Å²) in [7, 11) is 0. The van der Waals surface area contributed by atoms with Crippen LogP contribution in [0.5, 0.6) is 0 Å². The first kappa shape index (κ1) is 13.6. The molecule has 1 heterocycles. The molecule has 0 bridgehead atoms. The third kappa shape index (κ3) is 4.20. The minimum atomic E-state index is -1.06. The Labute approximate surface area is 103 Å². The van der Waals surface area contributed by atoms with Gasteiger partial charge in [-0.1, -0.05) is 0 Å². The third-order valence-corrected chi connectivity index (χ3v) is 2.24. The summed E-state index contributed by atoms with van der Waals surface area (Å²) in [6.45, 7) is 0. The Morgan fingerprint density at radius 3 is 2.44 bits per heavy atom. The molecule has 4 N–H and O–H groups in total. The van der Waals surface area contributed by atoms with Crippen molar-refractivity contribution in [1.29, 1.82) is 0 Å². The lowest BCUT2D eigenvalue weighted by Crippen LogP contribution is -2.44. The van der Waals surface area contributed by atoms with Crippen LogP contribution in [0.4, 0.5) is 0 Å². The Morgan fingerprint density at radius 1 is 1.33 bits per heavy atom. The molecule has 1 aromatic rings. The summed E-state index contributed by atoms with van der Waals surface area (Å²) in [4.78, 5) is 37.0. The zero-order valence-corrected chi connectivity index (χ0v) is 9.50. The van der Waals surface area contributed by atoms with Gasteiger partial charge in [0, 0.05) is 24.4 Å². The van der Waals surface area contributed by atoms with Crippen LogP contribution in [0.3, 0.4) is 0 Å². The van der Waals surface area contributed by atoms with E-state index in [9.17, 15) is 14.4 Å². The Bertz CT molecular complexity index is 447. The summed E-state index contributed by atoms with van der Waals surface area (Å²) in [6.07, 6.45) is 2.59. The molecule has 7 nitrogen and oxygen atoms in total. The number of nitrogens with two attached hydrogens (primary N) is 1. The van der Waals surface area contributed by atoms with Crippen molar-refractivity contribution in [3.05, 3.63) is 30.1 Å². The van der Waals surface area contributed by atoms with Crippen LogP contribution in [0.2, 0.25) is 0 Å². The number of hydrogen-bond acceptors (Lipinski definition) is 4. The van der Waals surface area contributed by atoms with E-state index in [0.29, 0.717) is 5.56 Å². The van der Waals surface area contributed by atoms with Gasteiger partial charge in [-0.15, -0.1) is 0 Å². The highest BCUT2D eigenvalue weighted by Gasteiger charge is 2.19. The molecule has 2 amide bonds. The second-order valence-electron chi connectivity index (χ2n) is 3.60. The fourth-order valence-electron chi connectivity index (χ4n) is 1.30. The largest absolute Gasteiger partial charge is 0.481 e. The zero-order valence-electron chi connectivity index (χ0n) is 9.50. The van der Waals surface area contributed by atoms with E-state index >= 15 is 0 Å². The first-order valence-corrected chi connectivity index (χ1v) is 5.22. The van der Waals surface area contributed by atoms with Gasteiger partial charge < -0.3 is 16.2 Å². The first-order chi connectivity index (χ1) is 8.50. The van der Waals surface area contributed by atoms with E-state index < -0.39 is 23.8 Å². The molecule has 0 radical (unpaired) electrons. The molecule has 0 spiro atoms. The average Bonchev–Trinajstić information content (AvgIpc) is 2.34. The van der Waals surface area contributed by atoms with Crippen molar-refractivity contribution < 1.29 is 19.5 Å². The molecule has 0 fully saturated rings. The number of primary amides is 1. The Hall–Kier alpha value is -2.44. The number of amides is 2. The van der Waals surface area contributed by atoms with Crippen LogP contribution in [0.25, 0.3) is 0 Å². The van der Waals surface area contributed by atoms with Crippen LogP contribution in [0.1, 0.15) is 23.2 Å². The van der Waals surface area contributed by atoms with Crippen molar-refractivity contribution in [1.82, 2.24) is 10.3 Å². The number of pyridine rings is 1. The van der Waals surface area contributed by atoms with Gasteiger partial charge >= 0.3 is 5.97 Å². The zero-order chi connectivity index (χ0) is 13.5. The van der Waals surface area contributed by atoms with Crippen LogP contribution in [-0.4, -0.2) is 33.9 Å². The normalized spacial score (nSPS) is 11.6. The Morgan fingerprint density at radius 2 is 1.94 bits per heavy atom. The molecule has 7 heteroatoms. The molecule has 0 saturated heterocycles. The van der Waals surface area contributed by atoms with E-state index in [1.54, 1.807) is 0 Å². The van der Waals surface area contributed by atoms with Gasteiger partial charge in [0.2, 0.25) is 5.91 Å². The molecule has 96 valence electrons. The molecular weight excluding hydrogens is 238 g/mol. The van der Waals surface area contributed by atoms with Gasteiger partial charge in [-0.2, -0.15) is 0 Å². The molecular formula is C11H13N3O4. The quantitative estimate of drug-likeness (QED) is 0.630. The maximum atomic E-state index is 11.7. The lowest BCUT2D eigenvalue weighted by atomic mass is 10.1. The van der Waals surface area contributed by atoms with Crippen molar-refractivity contribution in [2.24, 2.45) is 5.73 Å². The molecule has 18 heavy (non-hydrogen) atoms. The van der Waals surface area contributed by atoms with Gasteiger partial charge in [0.25, 0.3) is 5.91 Å². The van der Waals surface area contributed by atoms with Gasteiger partial charge in [-0.25, -0.2) is 0 Å². The number of carbonyl (C=O) groups is 3. The molecule has 1 rings (SSSR count). The third-order valence-electron chi connectivity index (χ3n) is 2.24. The molecule has 0 saturated carbocycles. The average molecular weight is 251 g/mol. The van der Waals surface area contributed by atoms with Gasteiger partial charge in [0.05, 0.1) is 0 Å². The predicted molar refractivity (Wildman–Crippen MR) is 61.6 cm³/mol. The lowest BCUT2D eigenvalue weighted by molar-refractivity contribution is -0.137. The second-order valence-corrected chi connectivity index (χ2v) is 3.60. The van der Waals surface area contributed by atoms with Crippen LogP contribution in [0, 0.1) is 0 Å². The van der Waals surface area contributed by atoms with Crippen molar-refractivity contribution in [3.8, 4) is 0 Å². The van der Waals surface area contributed by atoms with Crippen LogP contribution in [0.15, 0.2) is 24.5 Å². The molecule has 0 aliphatic carbocycles. The fourth-order valence-corrected chi connectivity index (χ4v) is 1.30. The highest BCUT2D eigenvalue weighted by atomic mass is 16.4. The summed E-state index contributed by atoms with van der Waals surface area (Å²) < 4.78 is 0.